The first-order valence-corrected chi connectivity index (χ1v) is 8.31. The summed E-state index contributed by atoms with van der Waals surface area (Å²) in [6.07, 6.45) is 2.56. The Labute approximate surface area is 125 Å². The van der Waals surface area contributed by atoms with Gasteiger partial charge in [0.15, 0.2) is 4.34 Å². The lowest BCUT2D eigenvalue weighted by Crippen LogP contribution is -2.19. The van der Waals surface area contributed by atoms with Crippen LogP contribution >= 0.6 is 23.1 Å². The summed E-state index contributed by atoms with van der Waals surface area (Å²) in [6.45, 7) is 4.08. The molecule has 1 atom stereocenters. The molecule has 0 radical (unpaired) electrons. The highest BCUT2D eigenvalue weighted by molar-refractivity contribution is 8.02. The van der Waals surface area contributed by atoms with Crippen molar-refractivity contribution in [3.63, 3.8) is 0 Å². The zero-order valence-corrected chi connectivity index (χ0v) is 13.1. The van der Waals surface area contributed by atoms with Gasteiger partial charge in [-0.2, -0.15) is 0 Å². The number of carbonyl (C=O) groups excluding carboxylic acids is 2. The number of amides is 1. The molecule has 0 spiro atoms. The van der Waals surface area contributed by atoms with Gasteiger partial charge in [0.05, 0.1) is 6.61 Å². The Hall–Kier alpha value is -1.15. The summed E-state index contributed by atoms with van der Waals surface area (Å²) in [7, 11) is 0. The van der Waals surface area contributed by atoms with E-state index in [4.69, 9.17) is 4.74 Å². The minimum Gasteiger partial charge on any atom is -0.465 e. The average Bonchev–Trinajstić information content (AvgIpc) is 3.19. The number of ether oxygens (including phenoxy) is 1. The third-order valence-electron chi connectivity index (χ3n) is 2.75. The van der Waals surface area contributed by atoms with Gasteiger partial charge in [-0.05, 0) is 26.2 Å². The first-order chi connectivity index (χ1) is 9.63. The van der Waals surface area contributed by atoms with Crippen LogP contribution in [0.4, 0.5) is 5.13 Å². The molecule has 1 amide bonds. The van der Waals surface area contributed by atoms with Gasteiger partial charge >= 0.3 is 5.97 Å². The molecule has 1 fully saturated rings. The molecule has 20 heavy (non-hydrogen) atoms. The second-order valence-electron chi connectivity index (χ2n) is 4.40. The Morgan fingerprint density at radius 2 is 2.20 bits per heavy atom. The molecule has 1 aromatic rings. The number of hydrogen-bond donors (Lipinski definition) is 1. The Bertz CT molecular complexity index is 488. The van der Waals surface area contributed by atoms with E-state index in [1.54, 1.807) is 6.92 Å². The molecule has 1 aliphatic rings. The number of thioether (sulfide) groups is 1. The van der Waals surface area contributed by atoms with Crippen molar-refractivity contribution in [3.05, 3.63) is 0 Å². The van der Waals surface area contributed by atoms with Crippen LogP contribution in [0.3, 0.4) is 0 Å². The van der Waals surface area contributed by atoms with Gasteiger partial charge in [0.25, 0.3) is 0 Å². The molecule has 6 nitrogen and oxygen atoms in total. The molecule has 110 valence electrons. The van der Waals surface area contributed by atoms with E-state index in [2.05, 4.69) is 15.5 Å². The van der Waals surface area contributed by atoms with E-state index in [0.717, 1.165) is 12.8 Å². The number of nitrogens with one attached hydrogen (secondary N) is 1. The normalized spacial score (nSPS) is 15.7. The summed E-state index contributed by atoms with van der Waals surface area (Å²) >= 11 is 2.61. The van der Waals surface area contributed by atoms with Crippen LogP contribution in [0.5, 0.6) is 0 Å². The minimum atomic E-state index is -0.283. The number of rotatable bonds is 7. The zero-order valence-electron chi connectivity index (χ0n) is 11.4. The van der Waals surface area contributed by atoms with E-state index in [0.29, 0.717) is 22.5 Å². The molecule has 1 saturated carbocycles. The summed E-state index contributed by atoms with van der Waals surface area (Å²) in [5.41, 5.74) is 0. The number of nitrogens with zero attached hydrogens (tertiary/aromatic N) is 2. The topological polar surface area (TPSA) is 81.2 Å². The molecule has 1 heterocycles. The Morgan fingerprint density at radius 3 is 2.80 bits per heavy atom. The van der Waals surface area contributed by atoms with Crippen LogP contribution in [0, 0.1) is 5.92 Å². The highest BCUT2D eigenvalue weighted by Gasteiger charge is 2.30. The van der Waals surface area contributed by atoms with Gasteiger partial charge in [-0.1, -0.05) is 30.0 Å². The Kier molecular flexibility index (Phi) is 5.36. The van der Waals surface area contributed by atoms with E-state index in [-0.39, 0.29) is 23.0 Å². The number of hydrogen-bond acceptors (Lipinski definition) is 7. The lowest BCUT2D eigenvalue weighted by Gasteiger charge is -2.10. The van der Waals surface area contributed by atoms with Crippen LogP contribution in [0.1, 0.15) is 33.1 Å². The van der Waals surface area contributed by atoms with Crippen molar-refractivity contribution < 1.29 is 14.3 Å². The van der Waals surface area contributed by atoms with Crippen molar-refractivity contribution >= 4 is 40.1 Å². The second kappa shape index (κ2) is 7.03. The Balaban J connectivity index is 1.90. The van der Waals surface area contributed by atoms with Gasteiger partial charge in [0, 0.05) is 5.92 Å². The van der Waals surface area contributed by atoms with E-state index in [1.807, 2.05) is 6.92 Å². The lowest BCUT2D eigenvalue weighted by molar-refractivity contribution is -0.142. The summed E-state index contributed by atoms with van der Waals surface area (Å²) in [6, 6.07) is 0. The third-order valence-corrected chi connectivity index (χ3v) is 5.01. The average molecular weight is 315 g/mol. The molecule has 0 aromatic carbocycles. The minimum absolute atomic E-state index is 0.00938. The van der Waals surface area contributed by atoms with Crippen LogP contribution in [0.25, 0.3) is 0 Å². The molecule has 2 rings (SSSR count). The van der Waals surface area contributed by atoms with Crippen LogP contribution in [0.2, 0.25) is 0 Å². The molecule has 1 aliphatic carbocycles. The standard InChI is InChI=1S/C12H17N3O3S2/c1-3-8(10(17)18-4-2)19-12-15-14-11(20-12)13-9(16)7-5-6-7/h7-8H,3-6H2,1-2H3,(H,13,14,16)/t8-/m1/s1. The summed E-state index contributed by atoms with van der Waals surface area (Å²) in [5.74, 6) is -0.0909. The first-order valence-electron chi connectivity index (χ1n) is 6.61. The van der Waals surface area contributed by atoms with E-state index in [9.17, 15) is 9.59 Å². The maximum atomic E-state index is 11.7. The van der Waals surface area contributed by atoms with E-state index in [1.165, 1.54) is 23.1 Å². The number of aromatic nitrogens is 2. The fourth-order valence-electron chi connectivity index (χ4n) is 1.52. The molecule has 0 bridgehead atoms. The quantitative estimate of drug-likeness (QED) is 0.472. The van der Waals surface area contributed by atoms with Gasteiger partial charge in [-0.3, -0.25) is 9.59 Å². The van der Waals surface area contributed by atoms with Crippen LogP contribution in [-0.4, -0.2) is 33.9 Å². The second-order valence-corrected chi connectivity index (χ2v) is 6.83. The maximum absolute atomic E-state index is 11.7. The largest absolute Gasteiger partial charge is 0.465 e. The first kappa shape index (κ1) is 15.2. The SMILES string of the molecule is CCOC(=O)[C@@H](CC)Sc1nnc(NC(=O)C2CC2)s1. The predicted octanol–water partition coefficient (Wildman–Crippen LogP) is 2.32. The van der Waals surface area contributed by atoms with Gasteiger partial charge in [-0.25, -0.2) is 0 Å². The molecule has 8 heteroatoms. The van der Waals surface area contributed by atoms with Gasteiger partial charge in [0.2, 0.25) is 11.0 Å². The molecular formula is C12H17N3O3S2. The van der Waals surface area contributed by atoms with Gasteiger partial charge in [0.1, 0.15) is 5.25 Å². The lowest BCUT2D eigenvalue weighted by atomic mass is 10.3. The van der Waals surface area contributed by atoms with Gasteiger partial charge < -0.3 is 10.1 Å². The third kappa shape index (κ3) is 4.17. The Morgan fingerprint density at radius 1 is 1.45 bits per heavy atom. The molecular weight excluding hydrogens is 298 g/mol. The summed E-state index contributed by atoms with van der Waals surface area (Å²) in [4.78, 5) is 23.3. The van der Waals surface area contributed by atoms with Crippen molar-refractivity contribution in [1.82, 2.24) is 10.2 Å². The highest BCUT2D eigenvalue weighted by Crippen LogP contribution is 2.33. The monoisotopic (exact) mass is 315 g/mol. The molecule has 0 unspecified atom stereocenters. The molecule has 0 saturated heterocycles. The van der Waals surface area contributed by atoms with Crippen molar-refractivity contribution in [2.75, 3.05) is 11.9 Å². The van der Waals surface area contributed by atoms with Crippen molar-refractivity contribution in [2.45, 2.75) is 42.7 Å². The highest BCUT2D eigenvalue weighted by atomic mass is 32.2. The maximum Gasteiger partial charge on any atom is 0.319 e. The molecule has 1 N–H and O–H groups in total. The fraction of sp³-hybridized carbons (Fsp3) is 0.667. The van der Waals surface area contributed by atoms with Crippen molar-refractivity contribution in [2.24, 2.45) is 5.92 Å². The number of carbonyl (C=O) groups is 2. The van der Waals surface area contributed by atoms with Crippen LogP contribution in [0.15, 0.2) is 4.34 Å². The summed E-state index contributed by atoms with van der Waals surface area (Å²) < 4.78 is 5.67. The zero-order chi connectivity index (χ0) is 14.5. The van der Waals surface area contributed by atoms with Gasteiger partial charge in [-0.15, -0.1) is 10.2 Å². The number of esters is 1. The van der Waals surface area contributed by atoms with Crippen molar-refractivity contribution in [3.8, 4) is 0 Å². The molecule has 1 aromatic heterocycles. The summed E-state index contributed by atoms with van der Waals surface area (Å²) in [5, 5.41) is 10.9. The van der Waals surface area contributed by atoms with Crippen LogP contribution < -0.4 is 5.32 Å². The molecule has 0 aliphatic heterocycles. The number of anilines is 1. The fourth-order valence-corrected chi connectivity index (χ4v) is 3.44. The predicted molar refractivity (Wildman–Crippen MR) is 77.8 cm³/mol. The van der Waals surface area contributed by atoms with E-state index >= 15 is 0 Å². The smallest absolute Gasteiger partial charge is 0.319 e. The van der Waals surface area contributed by atoms with Crippen molar-refractivity contribution in [1.29, 1.82) is 0 Å². The van der Waals surface area contributed by atoms with E-state index < -0.39 is 0 Å². The van der Waals surface area contributed by atoms with Crippen LogP contribution in [-0.2, 0) is 14.3 Å².